The molecule has 0 spiro atoms. The van der Waals surface area contributed by atoms with Crippen molar-refractivity contribution in [2.45, 2.75) is 134 Å². The molecule has 3 aliphatic carbocycles. The van der Waals surface area contributed by atoms with Gasteiger partial charge in [0.1, 0.15) is 12.6 Å². The Bertz CT molecular complexity index is 1480. The van der Waals surface area contributed by atoms with Gasteiger partial charge in [0.25, 0.3) is 0 Å². The minimum Gasteiger partial charge on any atom is -0.399 e. The Hall–Kier alpha value is -1.93. The van der Waals surface area contributed by atoms with Crippen molar-refractivity contribution in [1.29, 1.82) is 0 Å². The summed E-state index contributed by atoms with van der Waals surface area (Å²) in [6, 6.07) is 12.8. The molecule has 2 heterocycles. The molecular weight excluding hydrogens is 535 g/mol. The summed E-state index contributed by atoms with van der Waals surface area (Å²) >= 11 is 0. The molecule has 1 saturated heterocycles. The maximum absolute atomic E-state index is 6.58. The van der Waals surface area contributed by atoms with Gasteiger partial charge >= 0.3 is 7.12 Å². The first kappa shape index (κ1) is 28.8. The lowest BCUT2D eigenvalue weighted by atomic mass is 9.70. The second-order valence-electron chi connectivity index (χ2n) is 15.8. The molecule has 2 saturated carbocycles. The zero-order valence-electron chi connectivity index (χ0n) is 26.9. The average molecular weight is 585 g/mol. The van der Waals surface area contributed by atoms with E-state index in [1.807, 2.05) is 0 Å². The van der Waals surface area contributed by atoms with E-state index >= 15 is 0 Å². The maximum Gasteiger partial charge on any atom is 0.495 e. The van der Waals surface area contributed by atoms with Crippen LogP contribution in [-0.4, -0.2) is 42.6 Å². The van der Waals surface area contributed by atoms with Crippen molar-refractivity contribution in [2.75, 3.05) is 6.61 Å². The van der Waals surface area contributed by atoms with Gasteiger partial charge in [-0.2, -0.15) is 0 Å². The van der Waals surface area contributed by atoms with E-state index in [1.165, 1.54) is 84.5 Å². The lowest BCUT2D eigenvalue weighted by Crippen LogP contribution is -2.41. The molecule has 0 N–H and O–H groups in total. The molecule has 5 nitrogen and oxygen atoms in total. The SMILES string of the molecule is CC1(C)OB(c2ccc(-c3ccc4nc(C5CCCC5)n(COCC[Si](C)(C)C)c4c3)c3c2C2CCC3C2)OC1(C)C. The summed E-state index contributed by atoms with van der Waals surface area (Å²) in [6.07, 6.45) is 8.91. The van der Waals surface area contributed by atoms with E-state index in [1.54, 1.807) is 5.56 Å². The van der Waals surface area contributed by atoms with Crippen LogP contribution in [0.2, 0.25) is 25.7 Å². The summed E-state index contributed by atoms with van der Waals surface area (Å²) in [5.41, 5.74) is 8.64. The number of aromatic nitrogens is 2. The Morgan fingerprint density at radius 3 is 2.29 bits per heavy atom. The van der Waals surface area contributed by atoms with E-state index < -0.39 is 8.07 Å². The number of hydrogen-bond acceptors (Lipinski definition) is 4. The number of rotatable bonds is 8. The lowest BCUT2D eigenvalue weighted by Gasteiger charge is -2.32. The van der Waals surface area contributed by atoms with Crippen LogP contribution >= 0.6 is 0 Å². The number of imidazole rings is 1. The van der Waals surface area contributed by atoms with Crippen molar-refractivity contribution in [1.82, 2.24) is 9.55 Å². The first-order chi connectivity index (χ1) is 19.9. The molecule has 4 aliphatic rings. The minimum atomic E-state index is -1.14. The molecule has 3 aromatic rings. The molecular formula is C35H49BN2O3Si. The molecule has 2 unspecified atom stereocenters. The van der Waals surface area contributed by atoms with Crippen LogP contribution in [0.1, 0.15) is 107 Å². The second-order valence-corrected chi connectivity index (χ2v) is 21.4. The van der Waals surface area contributed by atoms with E-state index in [4.69, 9.17) is 19.0 Å². The minimum absolute atomic E-state index is 0.302. The van der Waals surface area contributed by atoms with Gasteiger partial charge in [-0.05, 0) is 118 Å². The van der Waals surface area contributed by atoms with Crippen molar-refractivity contribution in [3.8, 4) is 11.1 Å². The maximum atomic E-state index is 6.58. The van der Waals surface area contributed by atoms with Gasteiger partial charge in [0.2, 0.25) is 0 Å². The monoisotopic (exact) mass is 584 g/mol. The standard InChI is InChI=1S/C35H49BN2O3Si/c1-34(2)35(3,4)41-36(40-34)28-16-15-27(31-25-12-13-26(20-25)32(28)31)24-14-17-29-30(21-24)38(22-39-18-19-42(5,6)7)33(37-29)23-10-8-9-11-23/h14-17,21,23,25-26H,8-13,18-20,22H2,1-7H3. The Labute approximate surface area is 253 Å². The topological polar surface area (TPSA) is 45.5 Å². The molecule has 2 atom stereocenters. The first-order valence-corrected chi connectivity index (χ1v) is 20.2. The van der Waals surface area contributed by atoms with E-state index in [9.17, 15) is 0 Å². The zero-order chi connectivity index (χ0) is 29.4. The van der Waals surface area contributed by atoms with Crippen LogP contribution in [0, 0.1) is 0 Å². The van der Waals surface area contributed by atoms with E-state index in [0.29, 0.717) is 24.5 Å². The van der Waals surface area contributed by atoms with Gasteiger partial charge in [-0.1, -0.05) is 50.7 Å². The van der Waals surface area contributed by atoms with Gasteiger partial charge in [-0.3, -0.25) is 0 Å². The number of hydrogen-bond donors (Lipinski definition) is 0. The number of ether oxygens (including phenoxy) is 1. The van der Waals surface area contributed by atoms with Crippen molar-refractivity contribution in [3.05, 3.63) is 47.3 Å². The number of fused-ring (bicyclic) bond motifs is 6. The fraction of sp³-hybridized carbons (Fsp3) is 0.629. The zero-order valence-corrected chi connectivity index (χ0v) is 27.9. The second kappa shape index (κ2) is 10.3. The fourth-order valence-corrected chi connectivity index (χ4v) is 8.71. The summed E-state index contributed by atoms with van der Waals surface area (Å²) in [4.78, 5) is 5.22. The van der Waals surface area contributed by atoms with E-state index in [-0.39, 0.29) is 18.3 Å². The summed E-state index contributed by atoms with van der Waals surface area (Å²) in [5, 5.41) is 0. The van der Waals surface area contributed by atoms with Crippen molar-refractivity contribution < 1.29 is 14.0 Å². The first-order valence-electron chi connectivity index (χ1n) is 16.5. The van der Waals surface area contributed by atoms with Gasteiger partial charge in [0, 0.05) is 20.6 Å². The molecule has 42 heavy (non-hydrogen) atoms. The molecule has 1 aliphatic heterocycles. The summed E-state index contributed by atoms with van der Waals surface area (Å²) in [5.74, 6) is 3.01. The summed E-state index contributed by atoms with van der Waals surface area (Å²) < 4.78 is 21.9. The quantitative estimate of drug-likeness (QED) is 0.197. The Balaban J connectivity index is 1.28. The molecule has 0 amide bonds. The third-order valence-electron chi connectivity index (χ3n) is 11.1. The Kier molecular flexibility index (Phi) is 7.08. The molecule has 2 bridgehead atoms. The van der Waals surface area contributed by atoms with Crippen molar-refractivity contribution >= 4 is 31.7 Å². The van der Waals surface area contributed by atoms with Crippen molar-refractivity contribution in [3.63, 3.8) is 0 Å². The molecule has 0 radical (unpaired) electrons. The predicted molar refractivity (Wildman–Crippen MR) is 176 cm³/mol. The van der Waals surface area contributed by atoms with Crippen LogP contribution in [0.5, 0.6) is 0 Å². The van der Waals surface area contributed by atoms with E-state index in [0.717, 1.165) is 12.1 Å². The highest BCUT2D eigenvalue weighted by atomic mass is 28.3. The summed E-state index contributed by atoms with van der Waals surface area (Å²) in [6.45, 7) is 17.3. The predicted octanol–water partition coefficient (Wildman–Crippen LogP) is 8.34. The Morgan fingerprint density at radius 1 is 0.905 bits per heavy atom. The highest BCUT2D eigenvalue weighted by molar-refractivity contribution is 6.76. The van der Waals surface area contributed by atoms with Gasteiger partial charge in [-0.15, -0.1) is 0 Å². The molecule has 2 aromatic carbocycles. The fourth-order valence-electron chi connectivity index (χ4n) is 7.96. The average Bonchev–Trinajstić information content (AvgIpc) is 3.74. The molecule has 3 fully saturated rings. The van der Waals surface area contributed by atoms with Gasteiger partial charge in [0.05, 0.1) is 22.2 Å². The molecule has 7 heteroatoms. The number of nitrogens with zero attached hydrogens (tertiary/aromatic N) is 2. The van der Waals surface area contributed by atoms with Crippen LogP contribution in [-0.2, 0) is 20.8 Å². The molecule has 224 valence electrons. The summed E-state index contributed by atoms with van der Waals surface area (Å²) in [7, 11) is -1.44. The molecule has 1 aromatic heterocycles. The smallest absolute Gasteiger partial charge is 0.399 e. The van der Waals surface area contributed by atoms with Crippen molar-refractivity contribution in [2.24, 2.45) is 0 Å². The third kappa shape index (κ3) is 4.93. The molecule has 7 rings (SSSR count). The van der Waals surface area contributed by atoms with Crippen LogP contribution in [0.15, 0.2) is 30.3 Å². The number of benzene rings is 2. The van der Waals surface area contributed by atoms with Crippen LogP contribution < -0.4 is 5.46 Å². The normalized spacial score (nSPS) is 24.8. The van der Waals surface area contributed by atoms with Crippen LogP contribution in [0.3, 0.4) is 0 Å². The highest BCUT2D eigenvalue weighted by Crippen LogP contribution is 2.55. The highest BCUT2D eigenvalue weighted by Gasteiger charge is 2.54. The lowest BCUT2D eigenvalue weighted by molar-refractivity contribution is 0.00578. The Morgan fingerprint density at radius 2 is 1.60 bits per heavy atom. The van der Waals surface area contributed by atoms with E-state index in [2.05, 4.69) is 82.2 Å². The van der Waals surface area contributed by atoms with Crippen LogP contribution in [0.25, 0.3) is 22.2 Å². The van der Waals surface area contributed by atoms with Gasteiger partial charge in [-0.25, -0.2) is 4.98 Å². The van der Waals surface area contributed by atoms with Gasteiger partial charge in [0.15, 0.2) is 0 Å². The van der Waals surface area contributed by atoms with Crippen LogP contribution in [0.4, 0.5) is 0 Å². The van der Waals surface area contributed by atoms with Gasteiger partial charge < -0.3 is 18.6 Å². The third-order valence-corrected chi connectivity index (χ3v) is 12.8. The largest absolute Gasteiger partial charge is 0.495 e.